The molecule has 3 heteroatoms. The lowest BCUT2D eigenvalue weighted by molar-refractivity contribution is 0.0696. The van der Waals surface area contributed by atoms with Gasteiger partial charge in [0.2, 0.25) is 0 Å². The SMILES string of the molecule is CC(CC(N)=S)OCCCc1ccccc1. The van der Waals surface area contributed by atoms with E-state index in [2.05, 4.69) is 24.3 Å². The largest absolute Gasteiger partial charge is 0.393 e. The van der Waals surface area contributed by atoms with Crippen LogP contribution in [0.3, 0.4) is 0 Å². The van der Waals surface area contributed by atoms with Crippen LogP contribution in [0.4, 0.5) is 0 Å². The van der Waals surface area contributed by atoms with Gasteiger partial charge < -0.3 is 10.5 Å². The highest BCUT2D eigenvalue weighted by molar-refractivity contribution is 7.80. The van der Waals surface area contributed by atoms with E-state index >= 15 is 0 Å². The van der Waals surface area contributed by atoms with Gasteiger partial charge in [0.15, 0.2) is 0 Å². The molecule has 0 fully saturated rings. The van der Waals surface area contributed by atoms with Crippen molar-refractivity contribution in [2.45, 2.75) is 32.3 Å². The summed E-state index contributed by atoms with van der Waals surface area (Å²) in [6.07, 6.45) is 2.89. The van der Waals surface area contributed by atoms with Crippen LogP contribution in [0.2, 0.25) is 0 Å². The van der Waals surface area contributed by atoms with Gasteiger partial charge in [-0.1, -0.05) is 42.5 Å². The van der Waals surface area contributed by atoms with Crippen LogP contribution >= 0.6 is 12.2 Å². The summed E-state index contributed by atoms with van der Waals surface area (Å²) in [5.41, 5.74) is 6.79. The molecule has 1 unspecified atom stereocenters. The van der Waals surface area contributed by atoms with E-state index in [0.717, 1.165) is 19.4 Å². The molecule has 2 N–H and O–H groups in total. The highest BCUT2D eigenvalue weighted by atomic mass is 32.1. The fourth-order valence-corrected chi connectivity index (χ4v) is 1.78. The molecule has 0 saturated carbocycles. The van der Waals surface area contributed by atoms with Crippen LogP contribution in [0, 0.1) is 0 Å². The first-order valence-electron chi connectivity index (χ1n) is 5.62. The predicted molar refractivity (Wildman–Crippen MR) is 71.6 cm³/mol. The minimum Gasteiger partial charge on any atom is -0.393 e. The number of rotatable bonds is 7. The second kappa shape index (κ2) is 7.36. The normalized spacial score (nSPS) is 12.3. The number of benzene rings is 1. The molecule has 0 aliphatic rings. The summed E-state index contributed by atoms with van der Waals surface area (Å²) >= 11 is 4.82. The molecule has 1 aromatic rings. The molecule has 16 heavy (non-hydrogen) atoms. The number of hydrogen-bond donors (Lipinski definition) is 1. The molecule has 0 bridgehead atoms. The van der Waals surface area contributed by atoms with E-state index in [9.17, 15) is 0 Å². The van der Waals surface area contributed by atoms with Gasteiger partial charge in [0.05, 0.1) is 11.1 Å². The molecule has 0 saturated heterocycles. The first-order valence-corrected chi connectivity index (χ1v) is 6.03. The Morgan fingerprint density at radius 1 is 1.38 bits per heavy atom. The third kappa shape index (κ3) is 5.83. The van der Waals surface area contributed by atoms with Crippen molar-refractivity contribution in [2.75, 3.05) is 6.61 Å². The number of ether oxygens (including phenoxy) is 1. The van der Waals surface area contributed by atoms with Gasteiger partial charge in [-0.2, -0.15) is 0 Å². The van der Waals surface area contributed by atoms with Crippen LogP contribution in [-0.2, 0) is 11.2 Å². The third-order valence-corrected chi connectivity index (χ3v) is 2.51. The molecule has 0 amide bonds. The third-order valence-electron chi connectivity index (χ3n) is 2.34. The van der Waals surface area contributed by atoms with Crippen LogP contribution in [0.15, 0.2) is 30.3 Å². The molecule has 1 rings (SSSR count). The number of nitrogens with two attached hydrogens (primary N) is 1. The van der Waals surface area contributed by atoms with Crippen molar-refractivity contribution in [3.05, 3.63) is 35.9 Å². The van der Waals surface area contributed by atoms with Gasteiger partial charge in [0.25, 0.3) is 0 Å². The smallest absolute Gasteiger partial charge is 0.0753 e. The van der Waals surface area contributed by atoms with Crippen molar-refractivity contribution in [1.29, 1.82) is 0 Å². The van der Waals surface area contributed by atoms with Crippen molar-refractivity contribution in [3.8, 4) is 0 Å². The van der Waals surface area contributed by atoms with Gasteiger partial charge in [-0.05, 0) is 25.3 Å². The molecule has 1 atom stereocenters. The molecule has 0 radical (unpaired) electrons. The van der Waals surface area contributed by atoms with E-state index in [1.807, 2.05) is 13.0 Å². The van der Waals surface area contributed by atoms with E-state index in [-0.39, 0.29) is 6.10 Å². The summed E-state index contributed by atoms with van der Waals surface area (Å²) in [5, 5.41) is 0. The van der Waals surface area contributed by atoms with Crippen molar-refractivity contribution in [3.63, 3.8) is 0 Å². The minimum absolute atomic E-state index is 0.133. The standard InChI is InChI=1S/C13H19NOS/c1-11(10-13(14)16)15-9-5-8-12-6-3-2-4-7-12/h2-4,6-7,11H,5,8-10H2,1H3,(H2,14,16). The molecule has 0 spiro atoms. The summed E-state index contributed by atoms with van der Waals surface area (Å²) < 4.78 is 5.61. The molecule has 0 aliphatic heterocycles. The van der Waals surface area contributed by atoms with Gasteiger partial charge in [-0.25, -0.2) is 0 Å². The van der Waals surface area contributed by atoms with Gasteiger partial charge in [-0.3, -0.25) is 0 Å². The van der Waals surface area contributed by atoms with Crippen LogP contribution in [-0.4, -0.2) is 17.7 Å². The average molecular weight is 237 g/mol. The van der Waals surface area contributed by atoms with Gasteiger partial charge >= 0.3 is 0 Å². The average Bonchev–Trinajstić information content (AvgIpc) is 2.25. The lowest BCUT2D eigenvalue weighted by atomic mass is 10.1. The number of thiocarbonyl (C=S) groups is 1. The van der Waals surface area contributed by atoms with Gasteiger partial charge in [0, 0.05) is 13.0 Å². The van der Waals surface area contributed by atoms with E-state index < -0.39 is 0 Å². The quantitative estimate of drug-likeness (QED) is 0.585. The second-order valence-corrected chi connectivity index (χ2v) is 4.47. The van der Waals surface area contributed by atoms with Crippen LogP contribution in [0.1, 0.15) is 25.3 Å². The Kier molecular flexibility index (Phi) is 6.04. The molecular formula is C13H19NOS. The lowest BCUT2D eigenvalue weighted by Crippen LogP contribution is -2.19. The fourth-order valence-electron chi connectivity index (χ4n) is 1.55. The fraction of sp³-hybridized carbons (Fsp3) is 0.462. The summed E-state index contributed by atoms with van der Waals surface area (Å²) in [6.45, 7) is 2.76. The lowest BCUT2D eigenvalue weighted by Gasteiger charge is -2.11. The van der Waals surface area contributed by atoms with Crippen LogP contribution in [0.25, 0.3) is 0 Å². The summed E-state index contributed by atoms with van der Waals surface area (Å²) in [6, 6.07) is 10.4. The number of aryl methyl sites for hydroxylation is 1. The molecule has 2 nitrogen and oxygen atoms in total. The van der Waals surface area contributed by atoms with Crippen LogP contribution in [0.5, 0.6) is 0 Å². The summed E-state index contributed by atoms with van der Waals surface area (Å²) in [4.78, 5) is 0.524. The van der Waals surface area contributed by atoms with E-state index in [4.69, 9.17) is 22.7 Å². The maximum atomic E-state index is 5.61. The minimum atomic E-state index is 0.133. The van der Waals surface area contributed by atoms with E-state index in [0.29, 0.717) is 11.4 Å². The number of hydrogen-bond acceptors (Lipinski definition) is 2. The van der Waals surface area contributed by atoms with E-state index in [1.165, 1.54) is 5.56 Å². The Hall–Kier alpha value is -0.930. The highest BCUT2D eigenvalue weighted by Gasteiger charge is 2.03. The Labute approximate surface area is 103 Å². The van der Waals surface area contributed by atoms with E-state index in [1.54, 1.807) is 0 Å². The topological polar surface area (TPSA) is 35.2 Å². The monoisotopic (exact) mass is 237 g/mol. The zero-order valence-electron chi connectivity index (χ0n) is 9.69. The maximum Gasteiger partial charge on any atom is 0.0753 e. The maximum absolute atomic E-state index is 5.61. The van der Waals surface area contributed by atoms with Crippen molar-refractivity contribution in [2.24, 2.45) is 5.73 Å². The van der Waals surface area contributed by atoms with Crippen molar-refractivity contribution in [1.82, 2.24) is 0 Å². The Morgan fingerprint density at radius 3 is 2.69 bits per heavy atom. The first kappa shape index (κ1) is 13.1. The molecule has 0 aromatic heterocycles. The van der Waals surface area contributed by atoms with Crippen molar-refractivity contribution >= 4 is 17.2 Å². The zero-order chi connectivity index (χ0) is 11.8. The summed E-state index contributed by atoms with van der Waals surface area (Å²) in [7, 11) is 0. The predicted octanol–water partition coefficient (Wildman–Crippen LogP) is 2.70. The molecule has 0 aliphatic carbocycles. The second-order valence-electron chi connectivity index (χ2n) is 3.94. The Morgan fingerprint density at radius 2 is 2.06 bits per heavy atom. The van der Waals surface area contributed by atoms with Gasteiger partial charge in [-0.15, -0.1) is 0 Å². The molecular weight excluding hydrogens is 218 g/mol. The first-order chi connectivity index (χ1) is 7.68. The molecule has 1 aromatic carbocycles. The summed E-state index contributed by atoms with van der Waals surface area (Å²) in [5.74, 6) is 0. The van der Waals surface area contributed by atoms with Crippen LogP contribution < -0.4 is 5.73 Å². The molecule has 0 heterocycles. The van der Waals surface area contributed by atoms with Crippen molar-refractivity contribution < 1.29 is 4.74 Å². The van der Waals surface area contributed by atoms with Gasteiger partial charge in [0.1, 0.15) is 0 Å². The highest BCUT2D eigenvalue weighted by Crippen LogP contribution is 2.04. The molecule has 88 valence electrons. The Balaban J connectivity index is 2.10. The zero-order valence-corrected chi connectivity index (χ0v) is 10.5. The Bertz CT molecular complexity index is 313.